The van der Waals surface area contributed by atoms with Gasteiger partial charge in [-0.1, -0.05) is 24.3 Å². The van der Waals surface area contributed by atoms with E-state index in [1.807, 2.05) is 12.1 Å². The van der Waals surface area contributed by atoms with Crippen molar-refractivity contribution in [3.8, 4) is 0 Å². The molecule has 0 radical (unpaired) electrons. The summed E-state index contributed by atoms with van der Waals surface area (Å²) in [5.74, 6) is -0.947. The first-order chi connectivity index (χ1) is 11.5. The third kappa shape index (κ3) is 4.76. The van der Waals surface area contributed by atoms with Gasteiger partial charge in [0, 0.05) is 5.56 Å². The number of carbonyl (C=O) groups excluding carboxylic acids is 2. The minimum absolute atomic E-state index is 0.167. The number of carbonyl (C=O) groups is 2. The van der Waals surface area contributed by atoms with E-state index in [2.05, 4.69) is 0 Å². The fourth-order valence-electron chi connectivity index (χ4n) is 2.75. The minimum Gasteiger partial charge on any atom is -0.453 e. The number of esters is 1. The number of aryl methyl sites for hydroxylation is 1. The van der Waals surface area contributed by atoms with Crippen LogP contribution in [0.5, 0.6) is 0 Å². The third-order valence-corrected chi connectivity index (χ3v) is 5.68. The normalized spacial score (nSPS) is 17.9. The molecule has 1 aromatic rings. The monoisotopic (exact) mass is 354 g/mol. The van der Waals surface area contributed by atoms with Gasteiger partial charge in [0.1, 0.15) is 6.16 Å². The molecule has 1 aliphatic carbocycles. The molecule has 132 valence electrons. The van der Waals surface area contributed by atoms with Crippen LogP contribution in [0.3, 0.4) is 0 Å². The van der Waals surface area contributed by atoms with E-state index >= 15 is 0 Å². The molecule has 0 aliphatic heterocycles. The van der Waals surface area contributed by atoms with Crippen molar-refractivity contribution >= 4 is 19.3 Å². The van der Waals surface area contributed by atoms with Gasteiger partial charge in [-0.25, -0.2) is 0 Å². The van der Waals surface area contributed by atoms with E-state index in [0.717, 1.165) is 18.4 Å². The molecule has 0 unspecified atom stereocenters. The molecule has 0 bridgehead atoms. The van der Waals surface area contributed by atoms with Gasteiger partial charge < -0.3 is 13.8 Å². The molecule has 0 aromatic heterocycles. The lowest BCUT2D eigenvalue weighted by Crippen LogP contribution is -2.28. The molecule has 6 nitrogen and oxygen atoms in total. The molecule has 0 saturated carbocycles. The molecule has 1 atom stereocenters. The summed E-state index contributed by atoms with van der Waals surface area (Å²) < 4.78 is 27.9. The molecule has 0 fully saturated rings. The zero-order chi connectivity index (χ0) is 17.6. The maximum Gasteiger partial charge on any atom is 0.341 e. The summed E-state index contributed by atoms with van der Waals surface area (Å²) in [6.07, 6.45) is 0.632. The van der Waals surface area contributed by atoms with Crippen molar-refractivity contribution in [2.75, 3.05) is 19.4 Å². The Morgan fingerprint density at radius 2 is 1.88 bits per heavy atom. The molecular formula is C17H23O6P. The summed E-state index contributed by atoms with van der Waals surface area (Å²) in [4.78, 5) is 24.7. The maximum absolute atomic E-state index is 12.6. The molecule has 0 spiro atoms. The summed E-state index contributed by atoms with van der Waals surface area (Å²) in [6, 6.07) is 7.34. The van der Waals surface area contributed by atoms with Crippen molar-refractivity contribution in [3.05, 3.63) is 35.4 Å². The standard InChI is InChI=1S/C17H23O6P/c1-3-21-24(20,22-4-2)12-16(18)23-15-11-7-9-13-8-5-6-10-14(13)17(15)19/h5-6,8,10,15H,3-4,7,9,11-12H2,1-2H3/t15-/m0/s1. The average Bonchev–Trinajstić information content (AvgIpc) is 2.68. The van der Waals surface area contributed by atoms with Crippen molar-refractivity contribution in [2.24, 2.45) is 0 Å². The number of benzene rings is 1. The van der Waals surface area contributed by atoms with E-state index in [1.165, 1.54) is 0 Å². The number of hydrogen-bond acceptors (Lipinski definition) is 6. The molecule has 2 rings (SSSR count). The number of hydrogen-bond donors (Lipinski definition) is 0. The molecule has 0 heterocycles. The summed E-state index contributed by atoms with van der Waals surface area (Å²) in [5.41, 5.74) is 1.56. The Morgan fingerprint density at radius 1 is 1.21 bits per heavy atom. The zero-order valence-corrected chi connectivity index (χ0v) is 14.9. The van der Waals surface area contributed by atoms with Crippen molar-refractivity contribution in [2.45, 2.75) is 39.2 Å². The number of fused-ring (bicyclic) bond motifs is 1. The van der Waals surface area contributed by atoms with Crippen LogP contribution in [-0.4, -0.2) is 37.2 Å². The lowest BCUT2D eigenvalue weighted by Gasteiger charge is -2.19. The van der Waals surface area contributed by atoms with Gasteiger partial charge in [-0.3, -0.25) is 14.2 Å². The van der Waals surface area contributed by atoms with Crippen LogP contribution in [-0.2, 0) is 29.6 Å². The first-order valence-corrected chi connectivity index (χ1v) is 9.91. The topological polar surface area (TPSA) is 78.9 Å². The van der Waals surface area contributed by atoms with E-state index in [-0.39, 0.29) is 19.0 Å². The van der Waals surface area contributed by atoms with Crippen molar-refractivity contribution < 1.29 is 27.9 Å². The van der Waals surface area contributed by atoms with Crippen molar-refractivity contribution in [1.29, 1.82) is 0 Å². The molecular weight excluding hydrogens is 331 g/mol. The van der Waals surface area contributed by atoms with Gasteiger partial charge in [0.25, 0.3) is 0 Å². The highest BCUT2D eigenvalue weighted by molar-refractivity contribution is 7.54. The highest BCUT2D eigenvalue weighted by Crippen LogP contribution is 2.47. The first kappa shape index (κ1) is 18.8. The Kier molecular flexibility index (Phi) is 6.72. The van der Waals surface area contributed by atoms with Crippen molar-refractivity contribution in [1.82, 2.24) is 0 Å². The summed E-state index contributed by atoms with van der Waals surface area (Å²) >= 11 is 0. The Hall–Kier alpha value is -1.49. The van der Waals surface area contributed by atoms with Crippen LogP contribution >= 0.6 is 7.60 Å². The number of rotatable bonds is 7. The molecule has 7 heteroatoms. The number of ether oxygens (including phenoxy) is 1. The lowest BCUT2D eigenvalue weighted by molar-refractivity contribution is -0.144. The SMILES string of the molecule is CCOP(=O)(CC(=O)O[C@H]1CCCc2ccccc2C1=O)OCC. The summed E-state index contributed by atoms with van der Waals surface area (Å²) in [7, 11) is -3.53. The largest absolute Gasteiger partial charge is 0.453 e. The highest BCUT2D eigenvalue weighted by atomic mass is 31.2. The van der Waals surface area contributed by atoms with E-state index < -0.39 is 25.8 Å². The van der Waals surface area contributed by atoms with Gasteiger partial charge in [0.2, 0.25) is 5.78 Å². The Balaban J connectivity index is 2.06. The predicted molar refractivity (Wildman–Crippen MR) is 89.3 cm³/mol. The maximum atomic E-state index is 12.6. The second kappa shape index (κ2) is 8.56. The Morgan fingerprint density at radius 3 is 2.54 bits per heavy atom. The van der Waals surface area contributed by atoms with Gasteiger partial charge in [-0.15, -0.1) is 0 Å². The fraction of sp³-hybridized carbons (Fsp3) is 0.529. The van der Waals surface area contributed by atoms with Crippen LogP contribution in [0, 0.1) is 0 Å². The third-order valence-electron chi connectivity index (χ3n) is 3.74. The number of ketones is 1. The van der Waals surface area contributed by atoms with Crippen LogP contribution in [0.2, 0.25) is 0 Å². The van der Waals surface area contributed by atoms with Crippen LogP contribution in [0.1, 0.15) is 42.6 Å². The van der Waals surface area contributed by atoms with E-state index in [1.54, 1.807) is 26.0 Å². The zero-order valence-electron chi connectivity index (χ0n) is 14.0. The Bertz CT molecular complexity index is 632. The van der Waals surface area contributed by atoms with Crippen LogP contribution in [0.15, 0.2) is 24.3 Å². The smallest absolute Gasteiger partial charge is 0.341 e. The van der Waals surface area contributed by atoms with Gasteiger partial charge in [-0.2, -0.15) is 0 Å². The summed E-state index contributed by atoms with van der Waals surface area (Å²) in [6.45, 7) is 3.67. The molecule has 24 heavy (non-hydrogen) atoms. The van der Waals surface area contributed by atoms with Gasteiger partial charge in [0.15, 0.2) is 6.10 Å². The summed E-state index contributed by atoms with van der Waals surface area (Å²) in [5, 5.41) is 0. The van der Waals surface area contributed by atoms with Gasteiger partial charge in [0.05, 0.1) is 13.2 Å². The molecule has 0 N–H and O–H groups in total. The molecule has 1 aliphatic rings. The second-order valence-corrected chi connectivity index (χ2v) is 7.55. The lowest BCUT2D eigenvalue weighted by atomic mass is 10.0. The van der Waals surface area contributed by atoms with E-state index in [4.69, 9.17) is 13.8 Å². The fourth-order valence-corrected chi connectivity index (χ4v) is 4.18. The van der Waals surface area contributed by atoms with Crippen molar-refractivity contribution in [3.63, 3.8) is 0 Å². The molecule has 1 aromatic carbocycles. The van der Waals surface area contributed by atoms with Crippen LogP contribution < -0.4 is 0 Å². The minimum atomic E-state index is -3.53. The van der Waals surface area contributed by atoms with Crippen LogP contribution in [0.25, 0.3) is 0 Å². The Labute approximate surface area is 142 Å². The predicted octanol–water partition coefficient (Wildman–Crippen LogP) is 3.38. The van der Waals surface area contributed by atoms with E-state index in [0.29, 0.717) is 12.0 Å². The second-order valence-electron chi connectivity index (χ2n) is 5.50. The average molecular weight is 354 g/mol. The first-order valence-electron chi connectivity index (χ1n) is 8.18. The van der Waals surface area contributed by atoms with Crippen LogP contribution in [0.4, 0.5) is 0 Å². The molecule has 0 amide bonds. The van der Waals surface area contributed by atoms with Gasteiger partial charge >= 0.3 is 13.6 Å². The quantitative estimate of drug-likeness (QED) is 0.424. The number of Topliss-reactive ketones (excluding diaryl/α,β-unsaturated/α-hetero) is 1. The highest BCUT2D eigenvalue weighted by Gasteiger charge is 2.33. The molecule has 0 saturated heterocycles. The van der Waals surface area contributed by atoms with Gasteiger partial charge in [-0.05, 0) is 38.7 Å². The van der Waals surface area contributed by atoms with E-state index in [9.17, 15) is 14.2 Å².